The van der Waals surface area contributed by atoms with E-state index in [0.29, 0.717) is 12.3 Å². The zero-order valence-electron chi connectivity index (χ0n) is 13.3. The number of hydrazone groups is 1. The molecule has 0 aliphatic rings. The third-order valence-electron chi connectivity index (χ3n) is 2.59. The lowest BCUT2D eigenvalue weighted by atomic mass is 10.2. The second-order valence-corrected chi connectivity index (χ2v) is 5.06. The lowest BCUT2D eigenvalue weighted by molar-refractivity contribution is -0.124. The first kappa shape index (κ1) is 17.7. The lowest BCUT2D eigenvalue weighted by Gasteiger charge is -2.07. The van der Waals surface area contributed by atoms with Gasteiger partial charge in [0.25, 0.3) is 0 Å². The van der Waals surface area contributed by atoms with E-state index in [-0.39, 0.29) is 30.6 Å². The average Bonchev–Trinajstić information content (AvgIpc) is 2.47. The van der Waals surface area contributed by atoms with Gasteiger partial charge in [-0.1, -0.05) is 13.8 Å². The molecule has 120 valence electrons. The molecule has 1 aromatic carbocycles. The van der Waals surface area contributed by atoms with Crippen LogP contribution < -0.4 is 15.5 Å². The van der Waals surface area contributed by atoms with Crippen LogP contribution in [0.1, 0.15) is 33.6 Å². The Morgan fingerprint density at radius 3 is 2.41 bits per heavy atom. The number of carbonyl (C=O) groups excluding carboxylic acids is 2. The van der Waals surface area contributed by atoms with Crippen molar-refractivity contribution < 1.29 is 14.3 Å². The number of hydrogen-bond donors (Lipinski definition) is 2. The van der Waals surface area contributed by atoms with Crippen LogP contribution in [0.3, 0.4) is 0 Å². The summed E-state index contributed by atoms with van der Waals surface area (Å²) in [6.45, 7) is 6.42. The third-order valence-corrected chi connectivity index (χ3v) is 2.59. The van der Waals surface area contributed by atoms with Gasteiger partial charge in [-0.3, -0.25) is 9.59 Å². The van der Waals surface area contributed by atoms with Crippen molar-refractivity contribution in [2.45, 2.75) is 33.6 Å². The van der Waals surface area contributed by atoms with Gasteiger partial charge in [0.1, 0.15) is 5.75 Å². The van der Waals surface area contributed by atoms with Gasteiger partial charge in [0, 0.05) is 24.7 Å². The van der Waals surface area contributed by atoms with Gasteiger partial charge in [-0.25, -0.2) is 5.43 Å². The van der Waals surface area contributed by atoms with Crippen LogP contribution in [0.5, 0.6) is 5.75 Å². The smallest absolute Gasteiger partial charge is 0.240 e. The summed E-state index contributed by atoms with van der Waals surface area (Å²) < 4.78 is 5.32. The van der Waals surface area contributed by atoms with E-state index in [1.807, 2.05) is 20.8 Å². The van der Waals surface area contributed by atoms with Crippen molar-refractivity contribution in [1.29, 1.82) is 0 Å². The molecule has 0 spiro atoms. The van der Waals surface area contributed by atoms with Crippen molar-refractivity contribution in [2.75, 3.05) is 11.9 Å². The van der Waals surface area contributed by atoms with Gasteiger partial charge in [-0.15, -0.1) is 0 Å². The molecule has 0 bridgehead atoms. The number of carbonyl (C=O) groups is 2. The molecule has 0 saturated carbocycles. The van der Waals surface area contributed by atoms with E-state index < -0.39 is 0 Å². The average molecular weight is 305 g/mol. The maximum Gasteiger partial charge on any atom is 0.240 e. The highest BCUT2D eigenvalue weighted by Crippen LogP contribution is 2.15. The minimum absolute atomic E-state index is 0.0955. The highest BCUT2D eigenvalue weighted by atomic mass is 16.5. The third kappa shape index (κ3) is 7.42. The van der Waals surface area contributed by atoms with E-state index in [1.54, 1.807) is 30.5 Å². The predicted octanol–water partition coefficient (Wildman–Crippen LogP) is 2.56. The fraction of sp³-hybridized carbons (Fsp3) is 0.438. The van der Waals surface area contributed by atoms with Crippen LogP contribution in [-0.2, 0) is 9.59 Å². The Morgan fingerprint density at radius 1 is 1.18 bits per heavy atom. The molecule has 6 heteroatoms. The summed E-state index contributed by atoms with van der Waals surface area (Å²) >= 11 is 0. The molecule has 0 aliphatic heterocycles. The van der Waals surface area contributed by atoms with Gasteiger partial charge in [0.15, 0.2) is 0 Å². The van der Waals surface area contributed by atoms with E-state index in [4.69, 9.17) is 4.74 Å². The minimum Gasteiger partial charge on any atom is -0.494 e. The number of nitrogens with one attached hydrogen (secondary N) is 2. The number of rotatable bonds is 8. The van der Waals surface area contributed by atoms with Crippen LogP contribution in [0.2, 0.25) is 0 Å². The Kier molecular flexibility index (Phi) is 7.67. The second-order valence-electron chi connectivity index (χ2n) is 5.06. The quantitative estimate of drug-likeness (QED) is 0.572. The summed E-state index contributed by atoms with van der Waals surface area (Å²) in [6, 6.07) is 7.09. The number of anilines is 1. The fourth-order valence-corrected chi connectivity index (χ4v) is 1.57. The molecule has 0 atom stereocenters. The van der Waals surface area contributed by atoms with Crippen LogP contribution in [0.25, 0.3) is 0 Å². The Hall–Kier alpha value is -2.37. The number of nitrogens with zero attached hydrogens (tertiary/aromatic N) is 1. The zero-order chi connectivity index (χ0) is 16.4. The summed E-state index contributed by atoms with van der Waals surface area (Å²) in [5.41, 5.74) is 3.06. The topological polar surface area (TPSA) is 79.8 Å². The van der Waals surface area contributed by atoms with Crippen molar-refractivity contribution in [3.05, 3.63) is 24.3 Å². The van der Waals surface area contributed by atoms with Gasteiger partial charge in [-0.05, 0) is 37.1 Å². The molecular formula is C16H23N3O3. The van der Waals surface area contributed by atoms with E-state index in [0.717, 1.165) is 5.75 Å². The fourth-order valence-electron chi connectivity index (χ4n) is 1.57. The van der Waals surface area contributed by atoms with Crippen molar-refractivity contribution in [3.63, 3.8) is 0 Å². The van der Waals surface area contributed by atoms with Gasteiger partial charge in [0.05, 0.1) is 6.61 Å². The van der Waals surface area contributed by atoms with Crippen molar-refractivity contribution in [1.82, 2.24) is 5.43 Å². The number of benzene rings is 1. The standard InChI is InChI=1S/C16H23N3O3/c1-4-22-14-7-5-13(6-8-14)18-15(20)9-10-16(21)19-17-11-12(2)3/h5-8,11-12H,4,9-10H2,1-3H3,(H,18,20)(H,19,21). The van der Waals surface area contributed by atoms with E-state index in [2.05, 4.69) is 15.8 Å². The summed E-state index contributed by atoms with van der Waals surface area (Å²) in [7, 11) is 0. The van der Waals surface area contributed by atoms with E-state index in [9.17, 15) is 9.59 Å². The Labute approximate surface area is 130 Å². The zero-order valence-corrected chi connectivity index (χ0v) is 13.3. The molecule has 0 fully saturated rings. The summed E-state index contributed by atoms with van der Waals surface area (Å²) in [5, 5.41) is 6.52. The first-order chi connectivity index (χ1) is 10.5. The first-order valence-corrected chi connectivity index (χ1v) is 7.36. The molecule has 22 heavy (non-hydrogen) atoms. The molecule has 0 unspecified atom stereocenters. The van der Waals surface area contributed by atoms with Crippen LogP contribution in [0, 0.1) is 5.92 Å². The highest BCUT2D eigenvalue weighted by Gasteiger charge is 2.07. The normalized spacial score (nSPS) is 10.7. The Morgan fingerprint density at radius 2 is 1.82 bits per heavy atom. The lowest BCUT2D eigenvalue weighted by Crippen LogP contribution is -2.20. The van der Waals surface area contributed by atoms with Crippen molar-refractivity contribution in [2.24, 2.45) is 11.0 Å². The molecule has 0 saturated heterocycles. The van der Waals surface area contributed by atoms with Crippen LogP contribution in [0.4, 0.5) is 5.69 Å². The van der Waals surface area contributed by atoms with Crippen molar-refractivity contribution in [3.8, 4) is 5.75 Å². The van der Waals surface area contributed by atoms with E-state index in [1.165, 1.54) is 0 Å². The first-order valence-electron chi connectivity index (χ1n) is 7.36. The van der Waals surface area contributed by atoms with Gasteiger partial charge in [-0.2, -0.15) is 5.10 Å². The summed E-state index contributed by atoms with van der Waals surface area (Å²) in [6.07, 6.45) is 1.84. The number of ether oxygens (including phenoxy) is 1. The number of amides is 2. The SMILES string of the molecule is CCOc1ccc(NC(=O)CCC(=O)NN=CC(C)C)cc1. The molecule has 1 aromatic rings. The Balaban J connectivity index is 2.32. The molecule has 0 heterocycles. The molecule has 6 nitrogen and oxygen atoms in total. The van der Waals surface area contributed by atoms with Crippen LogP contribution in [-0.4, -0.2) is 24.6 Å². The molecule has 1 rings (SSSR count). The minimum atomic E-state index is -0.279. The molecular weight excluding hydrogens is 282 g/mol. The van der Waals surface area contributed by atoms with E-state index >= 15 is 0 Å². The molecule has 0 aromatic heterocycles. The Bertz CT molecular complexity index is 510. The van der Waals surface area contributed by atoms with Crippen LogP contribution >= 0.6 is 0 Å². The maximum absolute atomic E-state index is 11.7. The summed E-state index contributed by atoms with van der Waals surface area (Å²) in [5.74, 6) is 0.525. The molecule has 2 N–H and O–H groups in total. The molecule has 0 radical (unpaired) electrons. The number of hydrogen-bond acceptors (Lipinski definition) is 4. The maximum atomic E-state index is 11.7. The van der Waals surface area contributed by atoms with Gasteiger partial charge >= 0.3 is 0 Å². The highest BCUT2D eigenvalue weighted by molar-refractivity contribution is 5.93. The van der Waals surface area contributed by atoms with Crippen LogP contribution in [0.15, 0.2) is 29.4 Å². The predicted molar refractivity (Wildman–Crippen MR) is 86.9 cm³/mol. The molecule has 0 aliphatic carbocycles. The second kappa shape index (κ2) is 9.55. The molecule has 2 amide bonds. The van der Waals surface area contributed by atoms with Gasteiger partial charge < -0.3 is 10.1 Å². The summed E-state index contributed by atoms with van der Waals surface area (Å²) in [4.78, 5) is 23.2. The monoisotopic (exact) mass is 305 g/mol. The van der Waals surface area contributed by atoms with Crippen molar-refractivity contribution >= 4 is 23.7 Å². The van der Waals surface area contributed by atoms with Gasteiger partial charge in [0.2, 0.25) is 11.8 Å². The largest absolute Gasteiger partial charge is 0.494 e.